The van der Waals surface area contributed by atoms with E-state index < -0.39 is 0 Å². The Kier molecular flexibility index (Phi) is 6.61. The van der Waals surface area contributed by atoms with E-state index in [-0.39, 0.29) is 12.4 Å². The highest BCUT2D eigenvalue weighted by Gasteiger charge is 2.32. The zero-order valence-corrected chi connectivity index (χ0v) is 13.2. The number of carbonyl (C=O) groups excluding carboxylic acids is 1. The number of rotatable bonds is 6. The first-order chi connectivity index (χ1) is 8.63. The molecule has 1 saturated heterocycles. The van der Waals surface area contributed by atoms with Gasteiger partial charge in [0.2, 0.25) is 5.91 Å². The summed E-state index contributed by atoms with van der Waals surface area (Å²) in [6, 6.07) is 0. The smallest absolute Gasteiger partial charge is 0.236 e. The van der Waals surface area contributed by atoms with Crippen LogP contribution in [0.2, 0.25) is 0 Å². The van der Waals surface area contributed by atoms with Gasteiger partial charge in [0.05, 0.1) is 6.54 Å². The lowest BCUT2D eigenvalue weighted by atomic mass is 9.78. The van der Waals surface area contributed by atoms with Crippen molar-refractivity contribution < 1.29 is 4.79 Å². The van der Waals surface area contributed by atoms with E-state index in [2.05, 4.69) is 24.1 Å². The summed E-state index contributed by atoms with van der Waals surface area (Å²) in [4.78, 5) is 14.2. The molecule has 0 aromatic rings. The van der Waals surface area contributed by atoms with Gasteiger partial charge in [0, 0.05) is 13.1 Å². The van der Waals surface area contributed by atoms with Crippen LogP contribution in [-0.4, -0.2) is 37.0 Å². The van der Waals surface area contributed by atoms with Gasteiger partial charge in [-0.15, -0.1) is 12.4 Å². The maximum Gasteiger partial charge on any atom is 0.236 e. The van der Waals surface area contributed by atoms with Crippen LogP contribution in [0.25, 0.3) is 0 Å². The van der Waals surface area contributed by atoms with E-state index in [4.69, 9.17) is 0 Å². The molecule has 1 saturated carbocycles. The largest absolute Gasteiger partial charge is 0.341 e. The Labute approximate surface area is 123 Å². The highest BCUT2D eigenvalue weighted by molar-refractivity contribution is 5.85. The predicted octanol–water partition coefficient (Wildman–Crippen LogP) is 2.84. The molecule has 1 heterocycles. The zero-order chi connectivity index (χ0) is 13.0. The molecule has 19 heavy (non-hydrogen) atoms. The van der Waals surface area contributed by atoms with Crippen LogP contribution < -0.4 is 5.32 Å². The molecule has 112 valence electrons. The number of nitrogens with zero attached hydrogens (tertiary/aromatic N) is 1. The van der Waals surface area contributed by atoms with Crippen molar-refractivity contribution in [3.05, 3.63) is 0 Å². The fourth-order valence-electron chi connectivity index (χ4n) is 3.15. The first-order valence-electron chi connectivity index (χ1n) is 7.61. The Morgan fingerprint density at radius 3 is 2.79 bits per heavy atom. The van der Waals surface area contributed by atoms with Gasteiger partial charge in [0.1, 0.15) is 0 Å². The second kappa shape index (κ2) is 7.49. The number of carbonyl (C=O) groups is 1. The van der Waals surface area contributed by atoms with E-state index in [0.29, 0.717) is 17.9 Å². The molecule has 1 atom stereocenters. The minimum Gasteiger partial charge on any atom is -0.341 e. The summed E-state index contributed by atoms with van der Waals surface area (Å²) >= 11 is 0. The summed E-state index contributed by atoms with van der Waals surface area (Å²) in [5.74, 6) is 1.15. The molecule has 1 unspecified atom stereocenters. The van der Waals surface area contributed by atoms with Crippen LogP contribution in [0.4, 0.5) is 0 Å². The third-order valence-corrected chi connectivity index (χ3v) is 4.39. The number of amides is 1. The number of nitrogens with one attached hydrogen (secondary N) is 1. The number of likely N-dealkylation sites (tertiary alicyclic amines) is 1. The first-order valence-corrected chi connectivity index (χ1v) is 7.61. The molecule has 1 aliphatic heterocycles. The molecule has 1 amide bonds. The van der Waals surface area contributed by atoms with Crippen LogP contribution in [0.1, 0.15) is 52.4 Å². The van der Waals surface area contributed by atoms with E-state index in [1.165, 1.54) is 38.5 Å². The third kappa shape index (κ3) is 5.31. The SMILES string of the molecule is CCCC1(C)CCCN(C(=O)CNCC2CC2)C1.Cl. The van der Waals surface area contributed by atoms with Gasteiger partial charge in [0.15, 0.2) is 0 Å². The number of hydrogen-bond donors (Lipinski definition) is 1. The van der Waals surface area contributed by atoms with Gasteiger partial charge in [-0.05, 0) is 50.0 Å². The Morgan fingerprint density at radius 2 is 2.16 bits per heavy atom. The van der Waals surface area contributed by atoms with Crippen molar-refractivity contribution in [2.45, 2.75) is 52.4 Å². The van der Waals surface area contributed by atoms with Gasteiger partial charge >= 0.3 is 0 Å². The van der Waals surface area contributed by atoms with Gasteiger partial charge < -0.3 is 10.2 Å². The van der Waals surface area contributed by atoms with Crippen LogP contribution in [0, 0.1) is 11.3 Å². The van der Waals surface area contributed by atoms with Crippen molar-refractivity contribution >= 4 is 18.3 Å². The summed E-state index contributed by atoms with van der Waals surface area (Å²) in [5, 5.41) is 3.31. The predicted molar refractivity (Wildman–Crippen MR) is 81.7 cm³/mol. The van der Waals surface area contributed by atoms with Gasteiger partial charge in [-0.25, -0.2) is 0 Å². The highest BCUT2D eigenvalue weighted by atomic mass is 35.5. The maximum absolute atomic E-state index is 12.2. The van der Waals surface area contributed by atoms with Crippen molar-refractivity contribution in [2.24, 2.45) is 11.3 Å². The van der Waals surface area contributed by atoms with Gasteiger partial charge in [0.25, 0.3) is 0 Å². The number of halogens is 1. The van der Waals surface area contributed by atoms with Crippen molar-refractivity contribution in [3.63, 3.8) is 0 Å². The summed E-state index contributed by atoms with van der Waals surface area (Å²) in [6.45, 7) is 8.08. The lowest BCUT2D eigenvalue weighted by Crippen LogP contribution is -2.47. The van der Waals surface area contributed by atoms with Crippen LogP contribution in [0.3, 0.4) is 0 Å². The molecular weight excluding hydrogens is 260 g/mol. The Morgan fingerprint density at radius 1 is 1.42 bits per heavy atom. The van der Waals surface area contributed by atoms with Gasteiger partial charge in [-0.2, -0.15) is 0 Å². The molecule has 2 aliphatic rings. The topological polar surface area (TPSA) is 32.3 Å². The quantitative estimate of drug-likeness (QED) is 0.815. The molecular formula is C15H29ClN2O. The van der Waals surface area contributed by atoms with E-state index in [1.807, 2.05) is 0 Å². The second-order valence-corrected chi connectivity index (χ2v) is 6.55. The van der Waals surface area contributed by atoms with Crippen LogP contribution in [0.5, 0.6) is 0 Å². The van der Waals surface area contributed by atoms with E-state index in [9.17, 15) is 4.79 Å². The molecule has 1 aliphatic carbocycles. The Bertz CT molecular complexity index is 290. The summed E-state index contributed by atoms with van der Waals surface area (Å²) in [6.07, 6.45) is 7.61. The van der Waals surface area contributed by atoms with Gasteiger partial charge in [-0.3, -0.25) is 4.79 Å². The van der Waals surface area contributed by atoms with E-state index in [0.717, 1.165) is 25.6 Å². The fraction of sp³-hybridized carbons (Fsp3) is 0.933. The molecule has 2 rings (SSSR count). The monoisotopic (exact) mass is 288 g/mol. The molecule has 1 N–H and O–H groups in total. The summed E-state index contributed by atoms with van der Waals surface area (Å²) in [7, 11) is 0. The first kappa shape index (κ1) is 16.8. The van der Waals surface area contributed by atoms with E-state index >= 15 is 0 Å². The van der Waals surface area contributed by atoms with E-state index in [1.54, 1.807) is 0 Å². The van der Waals surface area contributed by atoms with Crippen LogP contribution >= 0.6 is 12.4 Å². The van der Waals surface area contributed by atoms with Crippen LogP contribution in [0.15, 0.2) is 0 Å². The minimum absolute atomic E-state index is 0. The standard InChI is InChI=1S/C15H28N2O.ClH/c1-3-7-15(2)8-4-9-17(12-15)14(18)11-16-10-13-5-6-13;/h13,16H,3-12H2,1-2H3;1H. The van der Waals surface area contributed by atoms with Crippen molar-refractivity contribution in [3.8, 4) is 0 Å². The zero-order valence-electron chi connectivity index (χ0n) is 12.4. The number of piperidine rings is 1. The summed E-state index contributed by atoms with van der Waals surface area (Å²) in [5.41, 5.74) is 0.360. The molecule has 4 heteroatoms. The van der Waals surface area contributed by atoms with Crippen molar-refractivity contribution in [1.82, 2.24) is 10.2 Å². The Balaban J connectivity index is 0.00000180. The molecule has 0 bridgehead atoms. The Hall–Kier alpha value is -0.280. The minimum atomic E-state index is 0. The lowest BCUT2D eigenvalue weighted by Gasteiger charge is -2.40. The van der Waals surface area contributed by atoms with Crippen molar-refractivity contribution in [2.75, 3.05) is 26.2 Å². The maximum atomic E-state index is 12.2. The molecule has 0 spiro atoms. The fourth-order valence-corrected chi connectivity index (χ4v) is 3.15. The second-order valence-electron chi connectivity index (χ2n) is 6.55. The van der Waals surface area contributed by atoms with Crippen LogP contribution in [-0.2, 0) is 4.79 Å². The molecule has 0 aromatic carbocycles. The number of hydrogen-bond acceptors (Lipinski definition) is 2. The average molecular weight is 289 g/mol. The van der Waals surface area contributed by atoms with Gasteiger partial charge in [-0.1, -0.05) is 20.3 Å². The molecule has 0 aromatic heterocycles. The third-order valence-electron chi connectivity index (χ3n) is 4.39. The molecule has 3 nitrogen and oxygen atoms in total. The average Bonchev–Trinajstić information content (AvgIpc) is 3.13. The highest BCUT2D eigenvalue weighted by Crippen LogP contribution is 2.33. The normalized spacial score (nSPS) is 26.9. The summed E-state index contributed by atoms with van der Waals surface area (Å²) < 4.78 is 0. The molecule has 0 radical (unpaired) electrons. The lowest BCUT2D eigenvalue weighted by molar-refractivity contribution is -0.133. The van der Waals surface area contributed by atoms with Crippen molar-refractivity contribution in [1.29, 1.82) is 0 Å². The molecule has 2 fully saturated rings.